The maximum Gasteiger partial charge on any atom is 0.237 e. The lowest BCUT2D eigenvalue weighted by atomic mass is 10.4. The second kappa shape index (κ2) is 5.54. The normalized spacial score (nSPS) is 10.2. The Morgan fingerprint density at radius 1 is 1.41 bits per heavy atom. The highest BCUT2D eigenvalue weighted by molar-refractivity contribution is 8.00. The van der Waals surface area contributed by atoms with Crippen LogP contribution in [-0.2, 0) is 4.79 Å². The van der Waals surface area contributed by atoms with Gasteiger partial charge in [-0.3, -0.25) is 10.1 Å². The molecule has 1 amide bonds. The SMILES string of the molecule is Cc1cc(NC(=O)CSc2ccccc2)on1. The number of amides is 1. The third-order valence-electron chi connectivity index (χ3n) is 2.00. The molecule has 1 aromatic heterocycles. The number of carbonyl (C=O) groups is 1. The van der Waals surface area contributed by atoms with Crippen LogP contribution in [0.1, 0.15) is 5.69 Å². The Morgan fingerprint density at radius 2 is 2.18 bits per heavy atom. The summed E-state index contributed by atoms with van der Waals surface area (Å²) < 4.78 is 4.90. The molecule has 1 heterocycles. The van der Waals surface area contributed by atoms with E-state index in [9.17, 15) is 4.79 Å². The molecule has 4 nitrogen and oxygen atoms in total. The van der Waals surface area contributed by atoms with Crippen LogP contribution in [0.2, 0.25) is 0 Å². The number of rotatable bonds is 4. The third-order valence-corrected chi connectivity index (χ3v) is 3.02. The Bertz CT molecular complexity index is 496. The quantitative estimate of drug-likeness (QED) is 0.845. The van der Waals surface area contributed by atoms with Crippen molar-refractivity contribution in [3.8, 4) is 0 Å². The molecule has 17 heavy (non-hydrogen) atoms. The first-order chi connectivity index (χ1) is 8.24. The van der Waals surface area contributed by atoms with Crippen LogP contribution in [0, 0.1) is 6.92 Å². The number of hydrogen-bond acceptors (Lipinski definition) is 4. The van der Waals surface area contributed by atoms with Gasteiger partial charge in [0.1, 0.15) is 0 Å². The molecule has 1 N–H and O–H groups in total. The average Bonchev–Trinajstić information content (AvgIpc) is 2.73. The van der Waals surface area contributed by atoms with Crippen LogP contribution in [0.15, 0.2) is 45.8 Å². The van der Waals surface area contributed by atoms with Crippen molar-refractivity contribution in [2.75, 3.05) is 11.1 Å². The summed E-state index contributed by atoms with van der Waals surface area (Å²) in [6.07, 6.45) is 0. The van der Waals surface area contributed by atoms with Crippen LogP contribution in [0.3, 0.4) is 0 Å². The minimum Gasteiger partial charge on any atom is -0.338 e. The van der Waals surface area contributed by atoms with Gasteiger partial charge in [0.25, 0.3) is 0 Å². The largest absolute Gasteiger partial charge is 0.338 e. The number of anilines is 1. The topological polar surface area (TPSA) is 55.1 Å². The monoisotopic (exact) mass is 248 g/mol. The second-order valence-corrected chi connectivity index (χ2v) is 4.53. The van der Waals surface area contributed by atoms with Crippen molar-refractivity contribution >= 4 is 23.6 Å². The summed E-state index contributed by atoms with van der Waals surface area (Å²) >= 11 is 1.48. The van der Waals surface area contributed by atoms with Crippen molar-refractivity contribution in [1.82, 2.24) is 5.16 Å². The van der Waals surface area contributed by atoms with Crippen LogP contribution in [0.25, 0.3) is 0 Å². The fraction of sp³-hybridized carbons (Fsp3) is 0.167. The van der Waals surface area contributed by atoms with E-state index in [1.165, 1.54) is 11.8 Å². The van der Waals surface area contributed by atoms with Gasteiger partial charge in [0.15, 0.2) is 0 Å². The minimum absolute atomic E-state index is 0.102. The molecule has 0 saturated carbocycles. The number of hydrogen-bond donors (Lipinski definition) is 1. The molecule has 0 radical (unpaired) electrons. The second-order valence-electron chi connectivity index (χ2n) is 3.48. The van der Waals surface area contributed by atoms with Gasteiger partial charge in [-0.1, -0.05) is 23.4 Å². The van der Waals surface area contributed by atoms with Crippen molar-refractivity contribution in [2.24, 2.45) is 0 Å². The number of nitrogens with zero attached hydrogens (tertiary/aromatic N) is 1. The van der Waals surface area contributed by atoms with E-state index >= 15 is 0 Å². The van der Waals surface area contributed by atoms with E-state index in [1.54, 1.807) is 13.0 Å². The van der Waals surface area contributed by atoms with Crippen LogP contribution in [0.5, 0.6) is 0 Å². The molecular formula is C12H12N2O2S. The zero-order valence-corrected chi connectivity index (χ0v) is 10.2. The van der Waals surface area contributed by atoms with Crippen molar-refractivity contribution in [3.05, 3.63) is 42.1 Å². The summed E-state index contributed by atoms with van der Waals surface area (Å²) in [5.74, 6) is 0.639. The zero-order valence-electron chi connectivity index (χ0n) is 9.34. The summed E-state index contributed by atoms with van der Waals surface area (Å²) in [6, 6.07) is 11.5. The molecule has 0 atom stereocenters. The van der Waals surface area contributed by atoms with E-state index in [0.717, 1.165) is 10.6 Å². The highest BCUT2D eigenvalue weighted by atomic mass is 32.2. The molecule has 0 aliphatic rings. The number of aromatic nitrogens is 1. The highest BCUT2D eigenvalue weighted by Crippen LogP contribution is 2.17. The highest BCUT2D eigenvalue weighted by Gasteiger charge is 2.06. The summed E-state index contributed by atoms with van der Waals surface area (Å²) in [5.41, 5.74) is 0.746. The van der Waals surface area contributed by atoms with E-state index in [0.29, 0.717) is 11.6 Å². The number of aryl methyl sites for hydroxylation is 1. The van der Waals surface area contributed by atoms with E-state index in [2.05, 4.69) is 10.5 Å². The first kappa shape index (κ1) is 11.7. The van der Waals surface area contributed by atoms with Gasteiger partial charge >= 0.3 is 0 Å². The van der Waals surface area contributed by atoms with Gasteiger partial charge in [-0.05, 0) is 19.1 Å². The Morgan fingerprint density at radius 3 is 2.82 bits per heavy atom. The first-order valence-electron chi connectivity index (χ1n) is 5.15. The van der Waals surface area contributed by atoms with Crippen molar-refractivity contribution < 1.29 is 9.32 Å². The van der Waals surface area contributed by atoms with Gasteiger partial charge in [0, 0.05) is 11.0 Å². The van der Waals surface area contributed by atoms with Crippen LogP contribution in [-0.4, -0.2) is 16.8 Å². The fourth-order valence-electron chi connectivity index (χ4n) is 1.26. The molecule has 0 unspecified atom stereocenters. The van der Waals surface area contributed by atoms with Crippen LogP contribution in [0.4, 0.5) is 5.88 Å². The van der Waals surface area contributed by atoms with E-state index in [-0.39, 0.29) is 5.91 Å². The van der Waals surface area contributed by atoms with Crippen molar-refractivity contribution in [3.63, 3.8) is 0 Å². The Labute approximate surface area is 103 Å². The van der Waals surface area contributed by atoms with E-state index < -0.39 is 0 Å². The predicted molar refractivity (Wildman–Crippen MR) is 67.0 cm³/mol. The summed E-state index contributed by atoms with van der Waals surface area (Å²) in [4.78, 5) is 12.6. The predicted octanol–water partition coefficient (Wildman–Crippen LogP) is 2.71. The average molecular weight is 248 g/mol. The maximum absolute atomic E-state index is 11.6. The molecule has 0 saturated heterocycles. The number of benzene rings is 1. The van der Waals surface area contributed by atoms with Gasteiger partial charge < -0.3 is 4.52 Å². The Hall–Kier alpha value is -1.75. The molecule has 1 aromatic carbocycles. The summed E-state index contributed by atoms with van der Waals surface area (Å²) in [7, 11) is 0. The molecule has 0 bridgehead atoms. The van der Waals surface area contributed by atoms with Gasteiger partial charge in [0.05, 0.1) is 11.4 Å². The molecule has 88 valence electrons. The lowest BCUT2D eigenvalue weighted by Crippen LogP contribution is -2.13. The van der Waals surface area contributed by atoms with Gasteiger partial charge in [-0.15, -0.1) is 11.8 Å². The van der Waals surface area contributed by atoms with Crippen molar-refractivity contribution in [2.45, 2.75) is 11.8 Å². The van der Waals surface area contributed by atoms with Gasteiger partial charge in [0.2, 0.25) is 11.8 Å². The molecule has 2 rings (SSSR count). The minimum atomic E-state index is -0.102. The number of thioether (sulfide) groups is 1. The third kappa shape index (κ3) is 3.64. The maximum atomic E-state index is 11.6. The standard InChI is InChI=1S/C12H12N2O2S/c1-9-7-12(16-14-9)13-11(15)8-17-10-5-3-2-4-6-10/h2-7H,8H2,1H3,(H,13,15). The molecule has 0 aliphatic heterocycles. The molecule has 0 spiro atoms. The van der Waals surface area contributed by atoms with Crippen LogP contribution < -0.4 is 5.32 Å². The molecule has 2 aromatic rings. The molecule has 0 fully saturated rings. The van der Waals surface area contributed by atoms with Crippen molar-refractivity contribution in [1.29, 1.82) is 0 Å². The summed E-state index contributed by atoms with van der Waals surface area (Å²) in [6.45, 7) is 1.80. The Balaban J connectivity index is 1.82. The molecule has 0 aliphatic carbocycles. The first-order valence-corrected chi connectivity index (χ1v) is 6.13. The van der Waals surface area contributed by atoms with Gasteiger partial charge in [-0.25, -0.2) is 0 Å². The van der Waals surface area contributed by atoms with E-state index in [4.69, 9.17) is 4.52 Å². The van der Waals surface area contributed by atoms with E-state index in [1.807, 2.05) is 30.3 Å². The number of carbonyl (C=O) groups excluding carboxylic acids is 1. The zero-order chi connectivity index (χ0) is 12.1. The molecular weight excluding hydrogens is 236 g/mol. The summed E-state index contributed by atoms with van der Waals surface area (Å²) in [5, 5.41) is 6.34. The van der Waals surface area contributed by atoms with Gasteiger partial charge in [-0.2, -0.15) is 0 Å². The lowest BCUT2D eigenvalue weighted by molar-refractivity contribution is -0.113. The lowest BCUT2D eigenvalue weighted by Gasteiger charge is -2.01. The Kier molecular flexibility index (Phi) is 3.82. The fourth-order valence-corrected chi connectivity index (χ4v) is 1.98. The smallest absolute Gasteiger partial charge is 0.237 e. The number of nitrogens with one attached hydrogen (secondary N) is 1. The van der Waals surface area contributed by atoms with Crippen LogP contribution >= 0.6 is 11.8 Å². The molecule has 5 heteroatoms.